The number of carbonyl (C=O) groups is 1. The van der Waals surface area contributed by atoms with Crippen LogP contribution in [-0.2, 0) is 16.1 Å². The Balaban J connectivity index is 1.47. The lowest BCUT2D eigenvalue weighted by Crippen LogP contribution is -2.31. The first kappa shape index (κ1) is 14.8. The molecule has 22 heavy (non-hydrogen) atoms. The molecule has 1 fully saturated rings. The van der Waals surface area contributed by atoms with Crippen molar-refractivity contribution in [2.75, 3.05) is 13.2 Å². The lowest BCUT2D eigenvalue weighted by molar-refractivity contribution is -0.121. The molecule has 1 N–H and O–H groups in total. The number of ether oxygens (including phenoxy) is 1. The largest absolute Gasteiger partial charge is 0.373 e. The number of carbonyl (C=O) groups excluding carboxylic acids is 1. The second kappa shape index (κ2) is 7.22. The zero-order valence-electron chi connectivity index (χ0n) is 12.5. The van der Waals surface area contributed by atoms with Gasteiger partial charge in [0.1, 0.15) is 0 Å². The average Bonchev–Trinajstić information content (AvgIpc) is 3.23. The lowest BCUT2D eigenvalue weighted by atomic mass is 9.95. The number of nitrogens with one attached hydrogen (secondary N) is 1. The van der Waals surface area contributed by atoms with Crippen LogP contribution < -0.4 is 5.32 Å². The van der Waals surface area contributed by atoms with Gasteiger partial charge in [0.25, 0.3) is 0 Å². The number of aromatic nitrogens is 2. The highest BCUT2D eigenvalue weighted by atomic mass is 16.5. The molecule has 5 nitrogen and oxygen atoms in total. The predicted molar refractivity (Wildman–Crippen MR) is 83.1 cm³/mol. The maximum atomic E-state index is 11.9. The van der Waals surface area contributed by atoms with Crippen molar-refractivity contribution >= 4 is 5.91 Å². The van der Waals surface area contributed by atoms with Crippen molar-refractivity contribution in [1.29, 1.82) is 0 Å². The van der Waals surface area contributed by atoms with Crippen LogP contribution in [0, 0.1) is 5.92 Å². The summed E-state index contributed by atoms with van der Waals surface area (Å²) < 4.78 is 7.61. The number of amides is 1. The van der Waals surface area contributed by atoms with Gasteiger partial charge in [0.2, 0.25) is 5.91 Å². The van der Waals surface area contributed by atoms with Crippen LogP contribution in [0.15, 0.2) is 48.8 Å². The smallest absolute Gasteiger partial charge is 0.221 e. The third-order valence-corrected chi connectivity index (χ3v) is 4.03. The standard InChI is InChI=1S/C17H21N3O2/c21-16(7-11-20-10-4-9-19-20)18-13-15-8-12-22-17(15)14-5-2-1-3-6-14/h1-6,9-10,15,17H,7-8,11-13H2,(H,18,21)/t15-,17-/m1/s1. The Labute approximate surface area is 130 Å². The molecule has 0 saturated carbocycles. The van der Waals surface area contributed by atoms with Crippen LogP contribution in [0.25, 0.3) is 0 Å². The van der Waals surface area contributed by atoms with E-state index in [0.29, 0.717) is 25.4 Å². The van der Waals surface area contributed by atoms with Crippen molar-refractivity contribution in [2.24, 2.45) is 5.92 Å². The molecular formula is C17H21N3O2. The van der Waals surface area contributed by atoms with Gasteiger partial charge in [-0.05, 0) is 18.1 Å². The maximum absolute atomic E-state index is 11.9. The highest BCUT2D eigenvalue weighted by molar-refractivity contribution is 5.75. The second-order valence-electron chi connectivity index (χ2n) is 5.57. The molecule has 116 valence electrons. The van der Waals surface area contributed by atoms with Crippen LogP contribution in [0.4, 0.5) is 0 Å². The summed E-state index contributed by atoms with van der Waals surface area (Å²) in [6.07, 6.45) is 5.11. The number of hydrogen-bond donors (Lipinski definition) is 1. The number of hydrogen-bond acceptors (Lipinski definition) is 3. The molecular weight excluding hydrogens is 278 g/mol. The average molecular weight is 299 g/mol. The van der Waals surface area contributed by atoms with Crippen molar-refractivity contribution < 1.29 is 9.53 Å². The Bertz CT molecular complexity index is 583. The lowest BCUT2D eigenvalue weighted by Gasteiger charge is -2.19. The first-order valence-corrected chi connectivity index (χ1v) is 7.73. The van der Waals surface area contributed by atoms with Gasteiger partial charge in [0.05, 0.1) is 6.10 Å². The first-order chi connectivity index (χ1) is 10.8. The summed E-state index contributed by atoms with van der Waals surface area (Å²) in [5.74, 6) is 0.408. The quantitative estimate of drug-likeness (QED) is 0.889. The third-order valence-electron chi connectivity index (χ3n) is 4.03. The molecule has 0 radical (unpaired) electrons. The topological polar surface area (TPSA) is 56.2 Å². The van der Waals surface area contributed by atoms with Crippen LogP contribution in [0.3, 0.4) is 0 Å². The molecule has 0 aliphatic carbocycles. The SMILES string of the molecule is O=C(CCn1cccn1)NC[C@H]1CCO[C@@H]1c1ccccc1. The van der Waals surface area contributed by atoms with Gasteiger partial charge in [0.15, 0.2) is 0 Å². The van der Waals surface area contributed by atoms with Gasteiger partial charge in [-0.2, -0.15) is 5.10 Å². The van der Waals surface area contributed by atoms with Gasteiger partial charge in [-0.25, -0.2) is 0 Å². The summed E-state index contributed by atoms with van der Waals surface area (Å²) >= 11 is 0. The van der Waals surface area contributed by atoms with Gasteiger partial charge < -0.3 is 10.1 Å². The number of nitrogens with zero attached hydrogens (tertiary/aromatic N) is 2. The minimum atomic E-state index is 0.0641. The van der Waals surface area contributed by atoms with E-state index < -0.39 is 0 Å². The second-order valence-corrected chi connectivity index (χ2v) is 5.57. The monoisotopic (exact) mass is 299 g/mol. The van der Waals surface area contributed by atoms with Crippen molar-refractivity contribution in [3.8, 4) is 0 Å². The molecule has 1 aliphatic rings. The highest BCUT2D eigenvalue weighted by Crippen LogP contribution is 2.33. The van der Waals surface area contributed by atoms with Gasteiger partial charge in [-0.3, -0.25) is 9.48 Å². The van der Waals surface area contributed by atoms with Crippen molar-refractivity contribution in [1.82, 2.24) is 15.1 Å². The molecule has 2 aromatic rings. The normalized spacial score (nSPS) is 20.9. The molecule has 2 heterocycles. The van der Waals surface area contributed by atoms with E-state index in [4.69, 9.17) is 4.74 Å². The molecule has 3 rings (SSSR count). The van der Waals surface area contributed by atoms with Gasteiger partial charge in [0, 0.05) is 44.4 Å². The fourth-order valence-electron chi connectivity index (χ4n) is 2.84. The Hall–Kier alpha value is -2.14. The fourth-order valence-corrected chi connectivity index (χ4v) is 2.84. The zero-order chi connectivity index (χ0) is 15.2. The number of aryl methyl sites for hydroxylation is 1. The predicted octanol–water partition coefficient (Wildman–Crippen LogP) is 2.17. The Kier molecular flexibility index (Phi) is 4.85. The number of rotatable bonds is 6. The molecule has 1 amide bonds. The van der Waals surface area contributed by atoms with Crippen molar-refractivity contribution in [3.05, 3.63) is 54.4 Å². The van der Waals surface area contributed by atoms with E-state index in [1.54, 1.807) is 10.9 Å². The van der Waals surface area contributed by atoms with Crippen LogP contribution in [-0.4, -0.2) is 28.8 Å². The van der Waals surface area contributed by atoms with E-state index in [1.807, 2.05) is 30.5 Å². The highest BCUT2D eigenvalue weighted by Gasteiger charge is 2.29. The fraction of sp³-hybridized carbons (Fsp3) is 0.412. The van der Waals surface area contributed by atoms with Crippen LogP contribution in [0.5, 0.6) is 0 Å². The summed E-state index contributed by atoms with van der Waals surface area (Å²) in [6, 6.07) is 12.1. The molecule has 5 heteroatoms. The van der Waals surface area contributed by atoms with Crippen LogP contribution in [0.2, 0.25) is 0 Å². The Morgan fingerprint density at radius 1 is 1.32 bits per heavy atom. The summed E-state index contributed by atoms with van der Waals surface area (Å²) in [5, 5.41) is 7.12. The summed E-state index contributed by atoms with van der Waals surface area (Å²) in [4.78, 5) is 11.9. The van der Waals surface area contributed by atoms with E-state index in [2.05, 4.69) is 22.5 Å². The molecule has 1 aromatic carbocycles. The molecule has 0 unspecified atom stereocenters. The first-order valence-electron chi connectivity index (χ1n) is 7.73. The van der Waals surface area contributed by atoms with E-state index in [0.717, 1.165) is 13.0 Å². The molecule has 1 saturated heterocycles. The van der Waals surface area contributed by atoms with Crippen LogP contribution >= 0.6 is 0 Å². The maximum Gasteiger partial charge on any atom is 0.221 e. The summed E-state index contributed by atoms with van der Waals surface area (Å²) in [6.45, 7) is 2.03. The van der Waals surface area contributed by atoms with E-state index >= 15 is 0 Å². The van der Waals surface area contributed by atoms with E-state index in [9.17, 15) is 4.79 Å². The van der Waals surface area contributed by atoms with E-state index in [1.165, 1.54) is 5.56 Å². The molecule has 1 aliphatic heterocycles. The molecule has 1 aromatic heterocycles. The van der Waals surface area contributed by atoms with Crippen molar-refractivity contribution in [2.45, 2.75) is 25.5 Å². The molecule has 2 atom stereocenters. The minimum Gasteiger partial charge on any atom is -0.373 e. The van der Waals surface area contributed by atoms with Gasteiger partial charge in [-0.1, -0.05) is 30.3 Å². The summed E-state index contributed by atoms with van der Waals surface area (Å²) in [7, 11) is 0. The van der Waals surface area contributed by atoms with Crippen molar-refractivity contribution in [3.63, 3.8) is 0 Å². The summed E-state index contributed by atoms with van der Waals surface area (Å²) in [5.41, 5.74) is 1.19. The third kappa shape index (κ3) is 3.74. The molecule has 0 bridgehead atoms. The van der Waals surface area contributed by atoms with Gasteiger partial charge in [-0.15, -0.1) is 0 Å². The number of benzene rings is 1. The Morgan fingerprint density at radius 2 is 2.18 bits per heavy atom. The Morgan fingerprint density at radius 3 is 2.95 bits per heavy atom. The zero-order valence-corrected chi connectivity index (χ0v) is 12.5. The molecule has 0 spiro atoms. The van der Waals surface area contributed by atoms with E-state index in [-0.39, 0.29) is 12.0 Å². The minimum absolute atomic E-state index is 0.0641. The van der Waals surface area contributed by atoms with Gasteiger partial charge >= 0.3 is 0 Å². The van der Waals surface area contributed by atoms with Crippen LogP contribution in [0.1, 0.15) is 24.5 Å².